The summed E-state index contributed by atoms with van der Waals surface area (Å²) in [5.41, 5.74) is 0.611. The Hall–Kier alpha value is -1.16. The molecule has 1 atom stereocenters. The van der Waals surface area contributed by atoms with Gasteiger partial charge in [-0.1, -0.05) is 35.0 Å². The SMILES string of the molecule is COC(=O)CC(C)C(=O)c1ccc(Br)cc1. The van der Waals surface area contributed by atoms with E-state index in [1.54, 1.807) is 31.2 Å². The van der Waals surface area contributed by atoms with E-state index >= 15 is 0 Å². The van der Waals surface area contributed by atoms with Crippen molar-refractivity contribution in [3.63, 3.8) is 0 Å². The van der Waals surface area contributed by atoms with Crippen LogP contribution in [-0.2, 0) is 9.53 Å². The van der Waals surface area contributed by atoms with Crippen molar-refractivity contribution in [3.05, 3.63) is 34.3 Å². The number of ketones is 1. The number of carbonyl (C=O) groups is 2. The molecule has 0 aromatic heterocycles. The summed E-state index contributed by atoms with van der Waals surface area (Å²) in [6.45, 7) is 1.72. The van der Waals surface area contributed by atoms with Gasteiger partial charge in [0.05, 0.1) is 13.5 Å². The number of halogens is 1. The molecule has 0 aliphatic carbocycles. The van der Waals surface area contributed by atoms with Crippen molar-refractivity contribution < 1.29 is 14.3 Å². The van der Waals surface area contributed by atoms with E-state index in [-0.39, 0.29) is 24.1 Å². The Morgan fingerprint density at radius 1 is 1.31 bits per heavy atom. The van der Waals surface area contributed by atoms with Crippen LogP contribution in [0.2, 0.25) is 0 Å². The monoisotopic (exact) mass is 284 g/mol. The van der Waals surface area contributed by atoms with Crippen molar-refractivity contribution in [1.29, 1.82) is 0 Å². The molecule has 0 N–H and O–H groups in total. The zero-order valence-corrected chi connectivity index (χ0v) is 10.8. The maximum Gasteiger partial charge on any atom is 0.306 e. The van der Waals surface area contributed by atoms with Crippen LogP contribution in [0.25, 0.3) is 0 Å². The minimum atomic E-state index is -0.363. The average Bonchev–Trinajstić information content (AvgIpc) is 2.28. The van der Waals surface area contributed by atoms with Gasteiger partial charge < -0.3 is 4.74 Å². The number of hydrogen-bond acceptors (Lipinski definition) is 3. The second-order valence-electron chi connectivity index (χ2n) is 3.55. The van der Waals surface area contributed by atoms with E-state index < -0.39 is 0 Å². The minimum Gasteiger partial charge on any atom is -0.469 e. The van der Waals surface area contributed by atoms with Gasteiger partial charge >= 0.3 is 5.97 Å². The first-order valence-corrected chi connectivity index (χ1v) is 5.70. The molecule has 1 aromatic carbocycles. The normalized spacial score (nSPS) is 11.9. The lowest BCUT2D eigenvalue weighted by Gasteiger charge is -2.08. The fourth-order valence-corrected chi connectivity index (χ4v) is 1.59. The summed E-state index contributed by atoms with van der Waals surface area (Å²) in [5, 5.41) is 0. The van der Waals surface area contributed by atoms with Crippen LogP contribution in [0.1, 0.15) is 23.7 Å². The first kappa shape index (κ1) is 12.9. The molecule has 0 saturated carbocycles. The molecule has 1 aromatic rings. The highest BCUT2D eigenvalue weighted by molar-refractivity contribution is 9.10. The van der Waals surface area contributed by atoms with Gasteiger partial charge in [0, 0.05) is 16.0 Å². The standard InChI is InChI=1S/C12H13BrO3/c1-8(7-11(14)16-2)12(15)9-3-5-10(13)6-4-9/h3-6,8H,7H2,1-2H3. The van der Waals surface area contributed by atoms with Crippen LogP contribution in [0.3, 0.4) is 0 Å². The van der Waals surface area contributed by atoms with E-state index in [1.165, 1.54) is 7.11 Å². The van der Waals surface area contributed by atoms with Crippen molar-refractivity contribution in [2.24, 2.45) is 5.92 Å². The number of esters is 1. The van der Waals surface area contributed by atoms with Gasteiger partial charge in [0.15, 0.2) is 5.78 Å². The highest BCUT2D eigenvalue weighted by Gasteiger charge is 2.18. The van der Waals surface area contributed by atoms with Crippen LogP contribution < -0.4 is 0 Å². The van der Waals surface area contributed by atoms with Gasteiger partial charge in [0.1, 0.15) is 0 Å². The molecule has 0 spiro atoms. The van der Waals surface area contributed by atoms with Gasteiger partial charge in [0.2, 0.25) is 0 Å². The number of hydrogen-bond donors (Lipinski definition) is 0. The van der Waals surface area contributed by atoms with Crippen LogP contribution in [0.5, 0.6) is 0 Å². The number of carbonyl (C=O) groups excluding carboxylic acids is 2. The van der Waals surface area contributed by atoms with Crippen molar-refractivity contribution in [3.8, 4) is 0 Å². The summed E-state index contributed by atoms with van der Waals surface area (Å²) in [6, 6.07) is 7.08. The van der Waals surface area contributed by atoms with Gasteiger partial charge in [-0.15, -0.1) is 0 Å². The first-order valence-electron chi connectivity index (χ1n) is 4.91. The number of methoxy groups -OCH3 is 1. The molecule has 4 heteroatoms. The lowest BCUT2D eigenvalue weighted by molar-refractivity contribution is -0.141. The Morgan fingerprint density at radius 3 is 2.38 bits per heavy atom. The lowest BCUT2D eigenvalue weighted by Crippen LogP contribution is -2.16. The van der Waals surface area contributed by atoms with Gasteiger partial charge in [-0.25, -0.2) is 0 Å². The van der Waals surface area contributed by atoms with Gasteiger partial charge in [-0.2, -0.15) is 0 Å². The molecule has 0 heterocycles. The van der Waals surface area contributed by atoms with Crippen molar-refractivity contribution in [2.75, 3.05) is 7.11 Å². The summed E-state index contributed by atoms with van der Waals surface area (Å²) in [6.07, 6.45) is 0.116. The quantitative estimate of drug-likeness (QED) is 0.631. The number of Topliss-reactive ketones (excluding diaryl/α,β-unsaturated/α-hetero) is 1. The van der Waals surface area contributed by atoms with Crippen molar-refractivity contribution in [1.82, 2.24) is 0 Å². The second kappa shape index (κ2) is 5.80. The van der Waals surface area contributed by atoms with E-state index in [0.29, 0.717) is 5.56 Å². The highest BCUT2D eigenvalue weighted by atomic mass is 79.9. The van der Waals surface area contributed by atoms with Crippen LogP contribution >= 0.6 is 15.9 Å². The molecule has 0 aliphatic rings. The Kier molecular flexibility index (Phi) is 4.68. The van der Waals surface area contributed by atoms with Gasteiger partial charge in [-0.05, 0) is 12.1 Å². The maximum absolute atomic E-state index is 11.9. The summed E-state index contributed by atoms with van der Waals surface area (Å²) < 4.78 is 5.45. The zero-order chi connectivity index (χ0) is 12.1. The van der Waals surface area contributed by atoms with E-state index in [9.17, 15) is 9.59 Å². The summed E-state index contributed by atoms with van der Waals surface area (Å²) in [5.74, 6) is -0.760. The fourth-order valence-electron chi connectivity index (χ4n) is 1.32. The molecule has 0 bridgehead atoms. The Morgan fingerprint density at radius 2 is 1.88 bits per heavy atom. The molecular weight excluding hydrogens is 272 g/mol. The highest BCUT2D eigenvalue weighted by Crippen LogP contribution is 2.16. The molecule has 0 saturated heterocycles. The molecule has 1 rings (SSSR count). The predicted molar refractivity (Wildman–Crippen MR) is 64.3 cm³/mol. The Bertz CT molecular complexity index is 384. The van der Waals surface area contributed by atoms with Crippen molar-refractivity contribution in [2.45, 2.75) is 13.3 Å². The number of ether oxygens (including phenoxy) is 1. The van der Waals surface area contributed by atoms with Crippen molar-refractivity contribution >= 4 is 27.7 Å². The summed E-state index contributed by atoms with van der Waals surface area (Å²) >= 11 is 3.30. The summed E-state index contributed by atoms with van der Waals surface area (Å²) in [7, 11) is 1.32. The van der Waals surface area contributed by atoms with E-state index in [2.05, 4.69) is 20.7 Å². The topological polar surface area (TPSA) is 43.4 Å². The van der Waals surface area contributed by atoms with E-state index in [0.717, 1.165) is 4.47 Å². The summed E-state index contributed by atoms with van der Waals surface area (Å²) in [4.78, 5) is 22.9. The lowest BCUT2D eigenvalue weighted by atomic mass is 9.97. The maximum atomic E-state index is 11.9. The second-order valence-corrected chi connectivity index (χ2v) is 4.47. The smallest absolute Gasteiger partial charge is 0.306 e. The largest absolute Gasteiger partial charge is 0.469 e. The predicted octanol–water partition coefficient (Wildman–Crippen LogP) is 2.83. The number of rotatable bonds is 4. The fraction of sp³-hybridized carbons (Fsp3) is 0.333. The van der Waals surface area contributed by atoms with Gasteiger partial charge in [-0.3, -0.25) is 9.59 Å². The van der Waals surface area contributed by atoms with E-state index in [4.69, 9.17) is 0 Å². The first-order chi connectivity index (χ1) is 7.54. The molecule has 3 nitrogen and oxygen atoms in total. The molecule has 0 fully saturated rings. The Labute approximate surface area is 103 Å². The third-order valence-corrected chi connectivity index (χ3v) is 2.81. The molecule has 0 aliphatic heterocycles. The van der Waals surface area contributed by atoms with Crippen LogP contribution in [-0.4, -0.2) is 18.9 Å². The average molecular weight is 285 g/mol. The van der Waals surface area contributed by atoms with Crippen LogP contribution in [0.4, 0.5) is 0 Å². The third kappa shape index (κ3) is 3.45. The number of benzene rings is 1. The van der Waals surface area contributed by atoms with E-state index in [1.807, 2.05) is 0 Å². The third-order valence-electron chi connectivity index (χ3n) is 2.28. The molecule has 16 heavy (non-hydrogen) atoms. The van der Waals surface area contributed by atoms with Crippen LogP contribution in [0.15, 0.2) is 28.7 Å². The molecule has 86 valence electrons. The Balaban J connectivity index is 2.70. The van der Waals surface area contributed by atoms with Crippen LogP contribution in [0, 0.1) is 5.92 Å². The molecule has 0 radical (unpaired) electrons. The zero-order valence-electron chi connectivity index (χ0n) is 9.20. The van der Waals surface area contributed by atoms with Gasteiger partial charge in [0.25, 0.3) is 0 Å². The molecular formula is C12H13BrO3. The minimum absolute atomic E-state index is 0.0436. The molecule has 1 unspecified atom stereocenters. The molecule has 0 amide bonds.